The van der Waals surface area contributed by atoms with E-state index in [-0.39, 0.29) is 17.5 Å². The van der Waals surface area contributed by atoms with Crippen molar-refractivity contribution in [3.8, 4) is 0 Å². The van der Waals surface area contributed by atoms with Gasteiger partial charge in [-0.15, -0.1) is 0 Å². The number of carbonyl (C=O) groups excluding carboxylic acids is 1. The molecule has 176 valence electrons. The number of fused-ring (bicyclic) bond motifs is 2. The summed E-state index contributed by atoms with van der Waals surface area (Å²) in [5, 5.41) is 13.4. The van der Waals surface area contributed by atoms with Crippen LogP contribution in [0.1, 0.15) is 47.2 Å². The van der Waals surface area contributed by atoms with E-state index in [1.165, 1.54) is 15.7 Å². The van der Waals surface area contributed by atoms with Gasteiger partial charge in [0.25, 0.3) is 11.5 Å². The third-order valence-corrected chi connectivity index (χ3v) is 7.52. The zero-order valence-electron chi connectivity index (χ0n) is 19.0. The molecule has 1 aliphatic heterocycles. The lowest BCUT2D eigenvalue weighted by Gasteiger charge is -2.30. The maximum atomic E-state index is 13.1. The fraction of sp³-hybridized carbons (Fsp3) is 0.250. The highest BCUT2D eigenvalue weighted by molar-refractivity contribution is 6.30. The van der Waals surface area contributed by atoms with Gasteiger partial charge >= 0.3 is 0 Å². The van der Waals surface area contributed by atoms with Crippen molar-refractivity contribution < 1.29 is 9.90 Å². The Morgan fingerprint density at radius 2 is 1.86 bits per heavy atom. The van der Waals surface area contributed by atoms with Crippen LogP contribution in [0.25, 0.3) is 10.8 Å². The molecule has 1 atom stereocenters. The fourth-order valence-corrected chi connectivity index (χ4v) is 5.30. The van der Waals surface area contributed by atoms with Gasteiger partial charge in [0.15, 0.2) is 6.10 Å². The second kappa shape index (κ2) is 8.33. The first kappa shape index (κ1) is 22.0. The molecule has 7 heteroatoms. The summed E-state index contributed by atoms with van der Waals surface area (Å²) >= 11 is 6.01. The van der Waals surface area contributed by atoms with Crippen molar-refractivity contribution in [3.05, 3.63) is 110 Å². The number of nitrogens with one attached hydrogen (secondary N) is 1. The summed E-state index contributed by atoms with van der Waals surface area (Å²) in [5.74, 6) is 0.256. The number of carbonyl (C=O) groups is 1. The van der Waals surface area contributed by atoms with Gasteiger partial charge in [-0.3, -0.25) is 9.59 Å². The third kappa shape index (κ3) is 3.83. The summed E-state index contributed by atoms with van der Waals surface area (Å²) in [6.45, 7) is 0.514. The van der Waals surface area contributed by atoms with Gasteiger partial charge in [0.05, 0.1) is 23.2 Å². The lowest BCUT2D eigenvalue weighted by Crippen LogP contribution is -2.42. The van der Waals surface area contributed by atoms with Gasteiger partial charge in [-0.1, -0.05) is 66.2 Å². The number of aromatic amines is 1. The van der Waals surface area contributed by atoms with E-state index in [0.29, 0.717) is 34.9 Å². The number of H-pyrrole nitrogens is 1. The van der Waals surface area contributed by atoms with E-state index in [1.807, 2.05) is 12.1 Å². The van der Waals surface area contributed by atoms with Gasteiger partial charge in [-0.05, 0) is 46.9 Å². The van der Waals surface area contributed by atoms with Gasteiger partial charge in [0, 0.05) is 18.0 Å². The van der Waals surface area contributed by atoms with E-state index >= 15 is 0 Å². The molecule has 4 aromatic rings. The van der Waals surface area contributed by atoms with Crippen LogP contribution in [0.2, 0.25) is 5.02 Å². The third-order valence-electron chi connectivity index (χ3n) is 7.28. The number of aliphatic hydroxyl groups is 1. The van der Waals surface area contributed by atoms with Gasteiger partial charge in [-0.25, -0.2) is 4.98 Å². The van der Waals surface area contributed by atoms with E-state index in [2.05, 4.69) is 35.3 Å². The molecule has 0 bridgehead atoms. The smallest absolute Gasteiger partial charge is 0.256 e. The molecule has 35 heavy (non-hydrogen) atoms. The molecule has 1 amide bonds. The van der Waals surface area contributed by atoms with E-state index in [4.69, 9.17) is 16.6 Å². The lowest BCUT2D eigenvalue weighted by atomic mass is 9.92. The Labute approximate surface area is 207 Å². The molecule has 1 saturated carbocycles. The summed E-state index contributed by atoms with van der Waals surface area (Å²) in [7, 11) is 0. The molecule has 2 heterocycles. The summed E-state index contributed by atoms with van der Waals surface area (Å²) in [6, 6.07) is 21.3. The molecule has 0 spiro atoms. The van der Waals surface area contributed by atoms with Crippen LogP contribution in [0.3, 0.4) is 0 Å². The van der Waals surface area contributed by atoms with Crippen molar-refractivity contribution >= 4 is 28.3 Å². The van der Waals surface area contributed by atoms with E-state index in [1.54, 1.807) is 24.3 Å². The van der Waals surface area contributed by atoms with Crippen molar-refractivity contribution in [2.45, 2.75) is 37.3 Å². The molecule has 0 saturated heterocycles. The van der Waals surface area contributed by atoms with Crippen molar-refractivity contribution in [3.63, 3.8) is 0 Å². The zero-order valence-corrected chi connectivity index (χ0v) is 19.8. The average molecular weight is 486 g/mol. The van der Waals surface area contributed by atoms with Crippen molar-refractivity contribution in [1.82, 2.24) is 14.9 Å². The number of nitrogens with zero attached hydrogens (tertiary/aromatic N) is 2. The average Bonchev–Trinajstić information content (AvgIpc) is 3.69. The molecule has 1 aromatic heterocycles. The van der Waals surface area contributed by atoms with Crippen LogP contribution in [-0.4, -0.2) is 32.4 Å². The minimum absolute atomic E-state index is 0.122. The number of rotatable bonds is 4. The first-order valence-corrected chi connectivity index (χ1v) is 12.2. The summed E-state index contributed by atoms with van der Waals surface area (Å²) in [6.07, 6.45) is 1.00. The first-order valence-electron chi connectivity index (χ1n) is 11.8. The predicted octanol–water partition coefficient (Wildman–Crippen LogP) is 4.27. The van der Waals surface area contributed by atoms with Crippen molar-refractivity contribution in [1.29, 1.82) is 0 Å². The van der Waals surface area contributed by atoms with Gasteiger partial charge in [-0.2, -0.15) is 0 Å². The Kier molecular flexibility index (Phi) is 5.24. The second-order valence-corrected chi connectivity index (χ2v) is 9.89. The quantitative estimate of drug-likeness (QED) is 0.452. The monoisotopic (exact) mass is 485 g/mol. The summed E-state index contributed by atoms with van der Waals surface area (Å²) in [5.41, 5.74) is 2.33. The van der Waals surface area contributed by atoms with Gasteiger partial charge < -0.3 is 15.0 Å². The largest absolute Gasteiger partial charge is 0.378 e. The Balaban J connectivity index is 1.28. The van der Waals surface area contributed by atoms with Gasteiger partial charge in [0.1, 0.15) is 5.82 Å². The highest BCUT2D eigenvalue weighted by Crippen LogP contribution is 2.52. The number of aliphatic hydroxyl groups excluding tert-OH is 1. The number of halogens is 1. The molecular weight excluding hydrogens is 462 g/mol. The summed E-state index contributed by atoms with van der Waals surface area (Å²) < 4.78 is 0. The highest BCUT2D eigenvalue weighted by Gasteiger charge is 2.49. The van der Waals surface area contributed by atoms with E-state index in [9.17, 15) is 14.7 Å². The predicted molar refractivity (Wildman–Crippen MR) is 134 cm³/mol. The molecule has 1 fully saturated rings. The Hall–Kier alpha value is -3.48. The van der Waals surface area contributed by atoms with E-state index in [0.717, 1.165) is 24.1 Å². The maximum absolute atomic E-state index is 13.1. The molecule has 0 unspecified atom stereocenters. The molecule has 2 N–H and O–H groups in total. The van der Waals surface area contributed by atoms with Crippen molar-refractivity contribution in [2.24, 2.45) is 0 Å². The van der Waals surface area contributed by atoms with Crippen LogP contribution in [-0.2, 0) is 23.2 Å². The standard InChI is InChI=1S/C28H24ClN3O3/c29-21-7-3-6-19(15-21)24(33)26(35)32-13-10-23-22(16-32)25(34)31-27(30-23)28(11-12-28)20-9-8-17-4-1-2-5-18(17)14-20/h1-9,14-15,24,33H,10-13,16H2,(H,30,31,34)/t24-/m1/s1. The Morgan fingerprint density at radius 3 is 2.63 bits per heavy atom. The Morgan fingerprint density at radius 1 is 1.06 bits per heavy atom. The normalized spacial score (nSPS) is 17.1. The topological polar surface area (TPSA) is 86.3 Å². The SMILES string of the molecule is O=C([C@H](O)c1cccc(Cl)c1)N1CCc2nc(C3(c4ccc5ccccc5c4)CC3)[nH]c(=O)c2C1. The highest BCUT2D eigenvalue weighted by atomic mass is 35.5. The Bertz CT molecular complexity index is 1530. The lowest BCUT2D eigenvalue weighted by molar-refractivity contribution is -0.141. The van der Waals surface area contributed by atoms with Crippen LogP contribution in [0.4, 0.5) is 0 Å². The zero-order chi connectivity index (χ0) is 24.2. The molecule has 6 rings (SSSR count). The molecule has 3 aromatic carbocycles. The minimum atomic E-state index is -1.33. The van der Waals surface area contributed by atoms with Crippen LogP contribution < -0.4 is 5.56 Å². The fourth-order valence-electron chi connectivity index (χ4n) is 5.11. The van der Waals surface area contributed by atoms with Crippen molar-refractivity contribution in [2.75, 3.05) is 6.54 Å². The van der Waals surface area contributed by atoms with Crippen LogP contribution in [0.5, 0.6) is 0 Å². The van der Waals surface area contributed by atoms with Crippen LogP contribution >= 0.6 is 11.6 Å². The number of amides is 1. The summed E-state index contributed by atoms with van der Waals surface area (Å²) in [4.78, 5) is 35.5. The molecule has 2 aliphatic rings. The minimum Gasteiger partial charge on any atom is -0.378 e. The number of hydrogen-bond acceptors (Lipinski definition) is 4. The number of hydrogen-bond donors (Lipinski definition) is 2. The van der Waals surface area contributed by atoms with Gasteiger partial charge in [0.2, 0.25) is 0 Å². The number of benzene rings is 3. The van der Waals surface area contributed by atoms with E-state index < -0.39 is 12.0 Å². The number of aromatic nitrogens is 2. The molecule has 1 aliphatic carbocycles. The van der Waals surface area contributed by atoms with Crippen LogP contribution in [0, 0.1) is 0 Å². The second-order valence-electron chi connectivity index (χ2n) is 9.45. The first-order chi connectivity index (χ1) is 16.9. The molecule has 0 radical (unpaired) electrons. The maximum Gasteiger partial charge on any atom is 0.256 e. The molecule has 6 nitrogen and oxygen atoms in total. The molecular formula is C28H24ClN3O3. The van der Waals surface area contributed by atoms with Crippen LogP contribution in [0.15, 0.2) is 71.5 Å².